The van der Waals surface area contributed by atoms with Crippen LogP contribution < -0.4 is 4.90 Å². The summed E-state index contributed by atoms with van der Waals surface area (Å²) < 4.78 is 0. The van der Waals surface area contributed by atoms with Gasteiger partial charge in [-0.15, -0.1) is 0 Å². The van der Waals surface area contributed by atoms with Gasteiger partial charge in [0.15, 0.2) is 0 Å². The number of hydrogen-bond donors (Lipinski definition) is 1. The zero-order chi connectivity index (χ0) is 13.7. The molecule has 18 heavy (non-hydrogen) atoms. The topological polar surface area (TPSA) is 66.6 Å². The van der Waals surface area contributed by atoms with Crippen molar-refractivity contribution in [2.24, 2.45) is 0 Å². The van der Waals surface area contributed by atoms with Crippen LogP contribution in [0.2, 0.25) is 0 Å². The normalized spacial score (nSPS) is 10.7. The predicted octanol–water partition coefficient (Wildman–Crippen LogP) is 2.50. The van der Waals surface area contributed by atoms with Crippen molar-refractivity contribution in [2.45, 2.75) is 33.2 Å². The van der Waals surface area contributed by atoms with Gasteiger partial charge in [-0.3, -0.25) is 10.1 Å². The van der Waals surface area contributed by atoms with Gasteiger partial charge >= 0.3 is 0 Å². The molecule has 5 heteroatoms. The first kappa shape index (κ1) is 14.4. The van der Waals surface area contributed by atoms with Gasteiger partial charge in [-0.25, -0.2) is 0 Å². The van der Waals surface area contributed by atoms with Crippen LogP contribution >= 0.6 is 0 Å². The molecule has 0 amide bonds. The molecule has 0 radical (unpaired) electrons. The van der Waals surface area contributed by atoms with E-state index in [1.54, 1.807) is 12.1 Å². The highest BCUT2D eigenvalue weighted by Gasteiger charge is 2.15. The maximum atomic E-state index is 10.9. The van der Waals surface area contributed by atoms with Crippen LogP contribution in [0.1, 0.15) is 25.8 Å². The molecular formula is C13H20N2O3. The first-order valence-corrected chi connectivity index (χ1v) is 6.09. The summed E-state index contributed by atoms with van der Waals surface area (Å²) >= 11 is 0. The van der Waals surface area contributed by atoms with Gasteiger partial charge in [0, 0.05) is 37.0 Å². The zero-order valence-corrected chi connectivity index (χ0v) is 11.1. The lowest BCUT2D eigenvalue weighted by Crippen LogP contribution is -2.32. The maximum Gasteiger partial charge on any atom is 0.271 e. The van der Waals surface area contributed by atoms with Crippen LogP contribution in [0.3, 0.4) is 0 Å². The molecule has 0 fully saturated rings. The van der Waals surface area contributed by atoms with Gasteiger partial charge in [-0.2, -0.15) is 0 Å². The Labute approximate surface area is 107 Å². The molecule has 1 rings (SSSR count). The van der Waals surface area contributed by atoms with Crippen molar-refractivity contribution in [3.8, 4) is 0 Å². The van der Waals surface area contributed by atoms with Crippen molar-refractivity contribution in [2.75, 3.05) is 18.1 Å². The molecule has 0 aliphatic rings. The number of non-ortho nitro benzene ring substituents is 1. The van der Waals surface area contributed by atoms with Gasteiger partial charge in [0.2, 0.25) is 0 Å². The Bertz CT molecular complexity index is 419. The SMILES string of the molecule is Cc1cc(N(CCCO)C(C)C)cc([N+](=O)[O-])c1. The molecule has 0 spiro atoms. The molecule has 0 unspecified atom stereocenters. The second kappa shape index (κ2) is 6.35. The molecule has 0 aliphatic carbocycles. The van der Waals surface area contributed by atoms with Crippen LogP contribution in [0.15, 0.2) is 18.2 Å². The smallest absolute Gasteiger partial charge is 0.271 e. The highest BCUT2D eigenvalue weighted by atomic mass is 16.6. The third-order valence-electron chi connectivity index (χ3n) is 2.77. The van der Waals surface area contributed by atoms with Crippen molar-refractivity contribution in [1.82, 2.24) is 0 Å². The highest BCUT2D eigenvalue weighted by molar-refractivity contribution is 5.56. The number of aliphatic hydroxyl groups is 1. The predicted molar refractivity (Wildman–Crippen MR) is 72.0 cm³/mol. The van der Waals surface area contributed by atoms with E-state index < -0.39 is 0 Å². The lowest BCUT2D eigenvalue weighted by molar-refractivity contribution is -0.384. The van der Waals surface area contributed by atoms with E-state index in [1.165, 1.54) is 0 Å². The van der Waals surface area contributed by atoms with Gasteiger partial charge in [-0.05, 0) is 38.8 Å². The molecule has 1 aromatic rings. The van der Waals surface area contributed by atoms with Gasteiger partial charge < -0.3 is 10.0 Å². The standard InChI is InChI=1S/C13H20N2O3/c1-10(2)14(5-4-6-16)12-7-11(3)8-13(9-12)15(17)18/h7-10,16H,4-6H2,1-3H3. The number of hydrogen-bond acceptors (Lipinski definition) is 4. The average molecular weight is 252 g/mol. The summed E-state index contributed by atoms with van der Waals surface area (Å²) in [5.74, 6) is 0. The van der Waals surface area contributed by atoms with Gasteiger partial charge in [0.1, 0.15) is 0 Å². The molecule has 100 valence electrons. The fourth-order valence-electron chi connectivity index (χ4n) is 1.94. The lowest BCUT2D eigenvalue weighted by Gasteiger charge is -2.29. The maximum absolute atomic E-state index is 10.9. The first-order chi connectivity index (χ1) is 8.45. The highest BCUT2D eigenvalue weighted by Crippen LogP contribution is 2.25. The molecule has 0 saturated heterocycles. The first-order valence-electron chi connectivity index (χ1n) is 6.09. The van der Waals surface area contributed by atoms with Gasteiger partial charge in [0.25, 0.3) is 5.69 Å². The number of anilines is 1. The van der Waals surface area contributed by atoms with Crippen LogP contribution in [0.5, 0.6) is 0 Å². The second-order valence-corrected chi connectivity index (χ2v) is 4.65. The van der Waals surface area contributed by atoms with E-state index in [9.17, 15) is 10.1 Å². The number of aryl methyl sites for hydroxylation is 1. The Balaban J connectivity index is 3.07. The second-order valence-electron chi connectivity index (χ2n) is 4.65. The molecule has 0 saturated carbocycles. The molecule has 0 heterocycles. The molecular weight excluding hydrogens is 232 g/mol. The Kier molecular flexibility index (Phi) is 5.09. The van der Waals surface area contributed by atoms with E-state index in [1.807, 2.05) is 26.8 Å². The van der Waals surface area contributed by atoms with E-state index in [0.717, 1.165) is 11.3 Å². The van der Waals surface area contributed by atoms with E-state index in [4.69, 9.17) is 5.11 Å². The number of nitrogens with zero attached hydrogens (tertiary/aromatic N) is 2. The average Bonchev–Trinajstić information content (AvgIpc) is 2.28. The van der Waals surface area contributed by atoms with E-state index in [0.29, 0.717) is 13.0 Å². The van der Waals surface area contributed by atoms with Crippen molar-refractivity contribution in [1.29, 1.82) is 0 Å². The minimum Gasteiger partial charge on any atom is -0.396 e. The van der Waals surface area contributed by atoms with Gasteiger partial charge in [0.05, 0.1) is 4.92 Å². The molecule has 1 aromatic carbocycles. The minimum absolute atomic E-state index is 0.111. The number of nitro groups is 1. The number of nitro benzene ring substituents is 1. The monoisotopic (exact) mass is 252 g/mol. The van der Waals surface area contributed by atoms with Crippen molar-refractivity contribution < 1.29 is 10.0 Å². The molecule has 0 aliphatic heterocycles. The van der Waals surface area contributed by atoms with Crippen molar-refractivity contribution in [3.63, 3.8) is 0 Å². The third-order valence-corrected chi connectivity index (χ3v) is 2.77. The fourth-order valence-corrected chi connectivity index (χ4v) is 1.94. The summed E-state index contributed by atoms with van der Waals surface area (Å²) in [5.41, 5.74) is 1.82. The fraction of sp³-hybridized carbons (Fsp3) is 0.538. The Morgan fingerprint density at radius 3 is 2.56 bits per heavy atom. The summed E-state index contributed by atoms with van der Waals surface area (Å²) in [6.45, 7) is 6.73. The van der Waals surface area contributed by atoms with E-state index in [2.05, 4.69) is 4.90 Å². The number of aliphatic hydroxyl groups excluding tert-OH is 1. The molecule has 1 N–H and O–H groups in total. The summed E-state index contributed by atoms with van der Waals surface area (Å²) in [6.07, 6.45) is 0.653. The van der Waals surface area contributed by atoms with E-state index >= 15 is 0 Å². The van der Waals surface area contributed by atoms with E-state index in [-0.39, 0.29) is 23.3 Å². The quantitative estimate of drug-likeness (QED) is 0.624. The van der Waals surface area contributed by atoms with Gasteiger partial charge in [-0.1, -0.05) is 0 Å². The van der Waals surface area contributed by atoms with Crippen molar-refractivity contribution >= 4 is 11.4 Å². The van der Waals surface area contributed by atoms with Crippen LogP contribution in [0.25, 0.3) is 0 Å². The van der Waals surface area contributed by atoms with Crippen LogP contribution in [-0.4, -0.2) is 29.2 Å². The lowest BCUT2D eigenvalue weighted by atomic mass is 10.1. The summed E-state index contributed by atoms with van der Waals surface area (Å²) in [4.78, 5) is 12.6. The Hall–Kier alpha value is -1.62. The molecule has 0 atom stereocenters. The summed E-state index contributed by atoms with van der Waals surface area (Å²) in [6, 6.07) is 5.32. The number of rotatable bonds is 6. The minimum atomic E-state index is -0.374. The zero-order valence-electron chi connectivity index (χ0n) is 11.1. The summed E-state index contributed by atoms with van der Waals surface area (Å²) in [5, 5.41) is 19.8. The molecule has 0 aromatic heterocycles. The van der Waals surface area contributed by atoms with Crippen LogP contribution in [0.4, 0.5) is 11.4 Å². The Morgan fingerprint density at radius 2 is 2.06 bits per heavy atom. The molecule has 0 bridgehead atoms. The third kappa shape index (κ3) is 3.70. The summed E-state index contributed by atoms with van der Waals surface area (Å²) in [7, 11) is 0. The number of benzene rings is 1. The van der Waals surface area contributed by atoms with Crippen molar-refractivity contribution in [3.05, 3.63) is 33.9 Å². The Morgan fingerprint density at radius 1 is 1.39 bits per heavy atom. The van der Waals surface area contributed by atoms with Crippen LogP contribution in [-0.2, 0) is 0 Å². The van der Waals surface area contributed by atoms with Crippen LogP contribution in [0, 0.1) is 17.0 Å². The molecule has 5 nitrogen and oxygen atoms in total. The largest absolute Gasteiger partial charge is 0.396 e.